The molecular formula is C45H63F3N3O10+. The topological polar surface area (TPSA) is 180 Å². The molecule has 61 heavy (non-hydrogen) atoms. The lowest BCUT2D eigenvalue weighted by molar-refractivity contribution is -0.473. The zero-order valence-electron chi connectivity index (χ0n) is 36.9. The molecule has 2 fully saturated rings. The van der Waals surface area contributed by atoms with Crippen LogP contribution >= 0.6 is 0 Å². The van der Waals surface area contributed by atoms with Crippen molar-refractivity contribution in [1.82, 2.24) is 0 Å². The Hall–Kier alpha value is -4.06. The van der Waals surface area contributed by atoms with Crippen LogP contribution in [0.3, 0.4) is 0 Å². The molecule has 0 aliphatic carbocycles. The molecule has 2 aromatic rings. The zero-order chi connectivity index (χ0) is 45.7. The van der Waals surface area contributed by atoms with Gasteiger partial charge in [-0.05, 0) is 88.8 Å². The first kappa shape index (κ1) is 49.6. The molecule has 13 nitrogen and oxygen atoms in total. The Kier molecular flexibility index (Phi) is 16.6. The van der Waals surface area contributed by atoms with E-state index < -0.39 is 114 Å². The van der Waals surface area contributed by atoms with Crippen molar-refractivity contribution in [3.8, 4) is 0 Å². The summed E-state index contributed by atoms with van der Waals surface area (Å²) in [7, 11) is 3.53. The minimum Gasteiger partial charge on any atom is -0.461 e. The van der Waals surface area contributed by atoms with Crippen molar-refractivity contribution in [2.24, 2.45) is 33.9 Å². The number of aliphatic hydroxyl groups is 4. The molecule has 0 saturated carbocycles. The summed E-state index contributed by atoms with van der Waals surface area (Å²) >= 11 is 0. The molecule has 2 heterocycles. The summed E-state index contributed by atoms with van der Waals surface area (Å²) in [5.74, 6) is -8.26. The monoisotopic (exact) mass is 862 g/mol. The summed E-state index contributed by atoms with van der Waals surface area (Å²) in [5.41, 5.74) is -2.24. The summed E-state index contributed by atoms with van der Waals surface area (Å²) in [4.78, 5) is 27.9. The molecule has 13 unspecified atom stereocenters. The van der Waals surface area contributed by atoms with Crippen LogP contribution < -0.4 is 0 Å². The maximum absolute atomic E-state index is 14.2. The first-order valence-corrected chi connectivity index (χ1v) is 20.8. The smallest absolute Gasteiger partial charge is 0.312 e. The number of hydrogen-bond donors (Lipinski definition) is 4. The van der Waals surface area contributed by atoms with Crippen molar-refractivity contribution < 1.29 is 66.7 Å². The SMILES string of the molecule is CCC1OC(=O)C(C)C(OC(=O)Cc2cc(F)cc(F)c2)C(C)C(OC2OC(C)CC(=[N+](C)C)C2O)C(C)(O)CC(C)C(=NN=C(C)c2ccc(F)cc2)C(C)C(O)C1(C)O. The molecule has 2 saturated heterocycles. The highest BCUT2D eigenvalue weighted by Gasteiger charge is 2.52. The summed E-state index contributed by atoms with van der Waals surface area (Å²) in [6, 6.07) is 8.23. The molecule has 4 N–H and O–H groups in total. The fraction of sp³-hybridized carbons (Fsp3) is 0.622. The number of nitrogens with zero attached hydrogens (tertiary/aromatic N) is 3. The van der Waals surface area contributed by atoms with E-state index in [1.807, 2.05) is 0 Å². The lowest BCUT2D eigenvalue weighted by atomic mass is 9.73. The van der Waals surface area contributed by atoms with E-state index in [9.17, 15) is 43.2 Å². The largest absolute Gasteiger partial charge is 0.461 e. The van der Waals surface area contributed by atoms with Crippen LogP contribution in [0.15, 0.2) is 52.7 Å². The first-order chi connectivity index (χ1) is 28.4. The third kappa shape index (κ3) is 12.1. The third-order valence-electron chi connectivity index (χ3n) is 12.0. The van der Waals surface area contributed by atoms with Gasteiger partial charge in [-0.15, -0.1) is 0 Å². The highest BCUT2D eigenvalue weighted by atomic mass is 19.1. The first-order valence-electron chi connectivity index (χ1n) is 20.8. The predicted octanol–water partition coefficient (Wildman–Crippen LogP) is 5.15. The molecule has 0 amide bonds. The maximum Gasteiger partial charge on any atom is 0.312 e. The van der Waals surface area contributed by atoms with E-state index in [1.54, 1.807) is 60.2 Å². The van der Waals surface area contributed by atoms with Gasteiger partial charge in [-0.2, -0.15) is 10.2 Å². The van der Waals surface area contributed by atoms with Gasteiger partial charge in [0.1, 0.15) is 49.4 Å². The Morgan fingerprint density at radius 1 is 0.951 bits per heavy atom. The minimum absolute atomic E-state index is 0.0336. The van der Waals surface area contributed by atoms with Crippen LogP contribution in [-0.4, -0.2) is 122 Å². The Balaban J connectivity index is 1.91. The van der Waals surface area contributed by atoms with Crippen LogP contribution in [0, 0.1) is 41.1 Å². The van der Waals surface area contributed by atoms with Crippen LogP contribution in [0.2, 0.25) is 0 Å². The molecule has 4 rings (SSSR count). The summed E-state index contributed by atoms with van der Waals surface area (Å²) < 4.78 is 68.4. The lowest BCUT2D eigenvalue weighted by Crippen LogP contribution is -2.59. The van der Waals surface area contributed by atoms with Crippen molar-refractivity contribution in [3.63, 3.8) is 0 Å². The van der Waals surface area contributed by atoms with Crippen molar-refractivity contribution >= 4 is 29.1 Å². The highest BCUT2D eigenvalue weighted by Crippen LogP contribution is 2.38. The van der Waals surface area contributed by atoms with Crippen LogP contribution in [0.25, 0.3) is 0 Å². The van der Waals surface area contributed by atoms with Crippen molar-refractivity contribution in [3.05, 3.63) is 71.0 Å². The molecule has 2 aliphatic rings. The van der Waals surface area contributed by atoms with Gasteiger partial charge in [-0.25, -0.2) is 17.7 Å². The zero-order valence-corrected chi connectivity index (χ0v) is 36.9. The Labute approximate surface area is 356 Å². The average molecular weight is 863 g/mol. The summed E-state index contributed by atoms with van der Waals surface area (Å²) in [6.07, 6.45) is -9.15. The van der Waals surface area contributed by atoms with Crippen LogP contribution in [-0.2, 0) is 35.0 Å². The van der Waals surface area contributed by atoms with Gasteiger partial charge in [0.2, 0.25) is 0 Å². The van der Waals surface area contributed by atoms with Gasteiger partial charge in [-0.1, -0.05) is 39.8 Å². The van der Waals surface area contributed by atoms with Gasteiger partial charge in [-0.3, -0.25) is 9.59 Å². The number of halogens is 3. The minimum atomic E-state index is -2.08. The van der Waals surface area contributed by atoms with Gasteiger partial charge < -0.3 is 39.4 Å². The Bertz CT molecular complexity index is 1930. The van der Waals surface area contributed by atoms with E-state index in [0.717, 1.165) is 12.1 Å². The Morgan fingerprint density at radius 3 is 2.13 bits per heavy atom. The van der Waals surface area contributed by atoms with Crippen LogP contribution in [0.4, 0.5) is 13.2 Å². The van der Waals surface area contributed by atoms with E-state index in [0.29, 0.717) is 29.5 Å². The average Bonchev–Trinajstić information content (AvgIpc) is 3.17. The molecule has 0 bridgehead atoms. The van der Waals surface area contributed by atoms with Gasteiger partial charge in [0.15, 0.2) is 18.1 Å². The molecule has 0 spiro atoms. The van der Waals surface area contributed by atoms with E-state index in [1.165, 1.54) is 45.0 Å². The highest BCUT2D eigenvalue weighted by molar-refractivity contribution is 5.99. The second-order valence-corrected chi connectivity index (χ2v) is 17.4. The number of esters is 2. The molecular weight excluding hydrogens is 799 g/mol. The third-order valence-corrected chi connectivity index (χ3v) is 12.0. The maximum atomic E-state index is 14.2. The normalized spacial score (nSPS) is 35.3. The molecule has 2 aromatic carbocycles. The van der Waals surface area contributed by atoms with Gasteiger partial charge >= 0.3 is 11.9 Å². The second kappa shape index (κ2) is 20.4. The number of benzene rings is 2. The number of ether oxygens (including phenoxy) is 4. The predicted molar refractivity (Wildman–Crippen MR) is 222 cm³/mol. The summed E-state index contributed by atoms with van der Waals surface area (Å²) in [5, 5.41) is 57.2. The van der Waals surface area contributed by atoms with Crippen molar-refractivity contribution in [2.75, 3.05) is 14.1 Å². The number of aliphatic hydroxyl groups excluding tert-OH is 2. The van der Waals surface area contributed by atoms with Gasteiger partial charge in [0, 0.05) is 23.6 Å². The fourth-order valence-corrected chi connectivity index (χ4v) is 8.59. The Morgan fingerprint density at radius 2 is 1.56 bits per heavy atom. The van der Waals surface area contributed by atoms with Crippen LogP contribution in [0.1, 0.15) is 92.7 Å². The second-order valence-electron chi connectivity index (χ2n) is 17.4. The number of hydrogen-bond acceptors (Lipinski definition) is 12. The van der Waals surface area contributed by atoms with E-state index in [4.69, 9.17) is 18.9 Å². The summed E-state index contributed by atoms with van der Waals surface area (Å²) in [6.45, 7) is 14.3. The van der Waals surface area contributed by atoms with Gasteiger partial charge in [0.05, 0.1) is 48.4 Å². The molecule has 0 aromatic heterocycles. The van der Waals surface area contributed by atoms with E-state index in [-0.39, 0.29) is 24.1 Å². The van der Waals surface area contributed by atoms with E-state index >= 15 is 0 Å². The molecule has 16 heteroatoms. The standard InChI is InChI=1S/C45H63F3N3O10/c1-12-35-45(9,57)40(54)25(4)37(50-49-28(7)30-13-15-31(46)16-14-30)23(2)22-44(8,56)41(61-43-38(53)34(51(10)11)17-24(3)58-43)26(5)39(27(6)42(55)59-35)60-36(52)20-29-18-32(47)21-33(48)19-29/h13-16,18-19,21,23-27,35,38-41,43,53-54,56-57H,12,17,20,22H2,1-11H3/q+1. The number of carbonyl (C=O) groups is 2. The molecule has 2 aliphatic heterocycles. The fourth-order valence-electron chi connectivity index (χ4n) is 8.59. The van der Waals surface area contributed by atoms with Crippen molar-refractivity contribution in [1.29, 1.82) is 0 Å². The number of cyclic esters (lactones) is 1. The van der Waals surface area contributed by atoms with E-state index in [2.05, 4.69) is 10.2 Å². The quantitative estimate of drug-likeness (QED) is 0.120. The molecule has 338 valence electrons. The van der Waals surface area contributed by atoms with Crippen LogP contribution in [0.5, 0.6) is 0 Å². The molecule has 0 radical (unpaired) electrons. The van der Waals surface area contributed by atoms with Crippen molar-refractivity contribution in [2.45, 2.75) is 142 Å². The molecule has 13 atom stereocenters. The number of carbonyl (C=O) groups excluding carboxylic acids is 2. The number of rotatable bonds is 8. The lowest BCUT2D eigenvalue weighted by Gasteiger charge is -2.45. The van der Waals surface area contributed by atoms with Gasteiger partial charge in [0.25, 0.3) is 0 Å².